The number of primary amides is 1. The largest absolute Gasteiger partial charge is 0.366 e. The molecule has 18 heavy (non-hydrogen) atoms. The van der Waals surface area contributed by atoms with Crippen LogP contribution in [-0.2, 0) is 9.88 Å². The second-order valence-corrected chi connectivity index (χ2v) is 3.65. The van der Waals surface area contributed by atoms with Crippen LogP contribution in [0.2, 0.25) is 5.02 Å². The van der Waals surface area contributed by atoms with Crippen molar-refractivity contribution < 1.29 is 19.6 Å². The van der Waals surface area contributed by atoms with Crippen LogP contribution in [0.4, 0.5) is 5.69 Å². The molecular weight excluding hydrogens is 266 g/mol. The molecule has 1 aliphatic rings. The molecule has 1 amide bonds. The van der Waals surface area contributed by atoms with Crippen molar-refractivity contribution in [2.24, 2.45) is 5.73 Å². The summed E-state index contributed by atoms with van der Waals surface area (Å²) in [7, 11) is 0. The van der Waals surface area contributed by atoms with Gasteiger partial charge in [-0.25, -0.2) is 5.48 Å². The summed E-state index contributed by atoms with van der Waals surface area (Å²) in [6.07, 6.45) is 1.29. The van der Waals surface area contributed by atoms with E-state index in [9.17, 15) is 14.9 Å². The molecule has 1 aromatic rings. The number of nitro groups is 1. The van der Waals surface area contributed by atoms with Gasteiger partial charge in [0.15, 0.2) is 5.76 Å². The summed E-state index contributed by atoms with van der Waals surface area (Å²) in [5, 5.41) is 10.7. The molecule has 2 rings (SSSR count). The Morgan fingerprint density at radius 2 is 2.22 bits per heavy atom. The molecule has 8 nitrogen and oxygen atoms in total. The highest BCUT2D eigenvalue weighted by atomic mass is 35.5. The van der Waals surface area contributed by atoms with Gasteiger partial charge >= 0.3 is 0 Å². The molecule has 0 spiro atoms. The molecule has 0 saturated carbocycles. The summed E-state index contributed by atoms with van der Waals surface area (Å²) in [5.41, 5.74) is 6.99. The van der Waals surface area contributed by atoms with Crippen molar-refractivity contribution >= 4 is 29.0 Å². The average Bonchev–Trinajstić information content (AvgIpc) is 2.81. The lowest BCUT2D eigenvalue weighted by atomic mass is 10.1. The van der Waals surface area contributed by atoms with Gasteiger partial charge in [0.25, 0.3) is 5.69 Å². The van der Waals surface area contributed by atoms with Crippen molar-refractivity contribution in [1.82, 2.24) is 5.48 Å². The van der Waals surface area contributed by atoms with Crippen LogP contribution in [0, 0.1) is 10.1 Å². The first-order chi connectivity index (χ1) is 8.50. The fourth-order valence-corrected chi connectivity index (χ4v) is 1.66. The van der Waals surface area contributed by atoms with Gasteiger partial charge in [-0.3, -0.25) is 14.9 Å². The minimum Gasteiger partial charge on any atom is -0.366 e. The lowest BCUT2D eigenvalue weighted by Crippen LogP contribution is -2.13. The number of carbonyl (C=O) groups is 1. The molecule has 1 aliphatic heterocycles. The van der Waals surface area contributed by atoms with Crippen molar-refractivity contribution in [3.8, 4) is 0 Å². The molecule has 9 heteroatoms. The van der Waals surface area contributed by atoms with Crippen LogP contribution < -0.4 is 11.2 Å². The van der Waals surface area contributed by atoms with Gasteiger partial charge in [0.05, 0.1) is 21.7 Å². The fraction of sp³-hybridized carbons (Fsp3) is 0. The summed E-state index contributed by atoms with van der Waals surface area (Å²) in [4.78, 5) is 30.3. The monoisotopic (exact) mass is 271 g/mol. The van der Waals surface area contributed by atoms with Crippen molar-refractivity contribution in [3.63, 3.8) is 0 Å². The number of amides is 1. The van der Waals surface area contributed by atoms with E-state index in [0.717, 1.165) is 12.1 Å². The first-order valence-corrected chi connectivity index (χ1v) is 4.96. The number of hydrogen-bond donors (Lipinski definition) is 2. The third kappa shape index (κ3) is 2.06. The first kappa shape index (κ1) is 12.1. The van der Waals surface area contributed by atoms with Crippen molar-refractivity contribution in [2.75, 3.05) is 0 Å². The lowest BCUT2D eigenvalue weighted by molar-refractivity contribution is -0.384. The summed E-state index contributed by atoms with van der Waals surface area (Å²) >= 11 is 5.93. The fourth-order valence-electron chi connectivity index (χ4n) is 1.37. The molecule has 1 heterocycles. The maximum absolute atomic E-state index is 11.2. The highest BCUT2D eigenvalue weighted by molar-refractivity contribution is 6.35. The van der Waals surface area contributed by atoms with E-state index < -0.39 is 10.8 Å². The number of carbonyl (C=O) groups excluding carboxylic acids is 1. The van der Waals surface area contributed by atoms with E-state index in [-0.39, 0.29) is 27.6 Å². The van der Waals surface area contributed by atoms with E-state index in [1.54, 1.807) is 0 Å². The van der Waals surface area contributed by atoms with Gasteiger partial charge < -0.3 is 10.6 Å². The van der Waals surface area contributed by atoms with Gasteiger partial charge in [-0.15, -0.1) is 0 Å². The second kappa shape index (κ2) is 4.51. The van der Waals surface area contributed by atoms with Gasteiger partial charge in [0.2, 0.25) is 5.91 Å². The lowest BCUT2D eigenvalue weighted by Gasteiger charge is -2.06. The van der Waals surface area contributed by atoms with Crippen molar-refractivity contribution in [2.45, 2.75) is 0 Å². The van der Waals surface area contributed by atoms with Gasteiger partial charge in [-0.05, 0) is 0 Å². The van der Waals surface area contributed by atoms with Crippen LogP contribution in [0.1, 0.15) is 15.9 Å². The molecular formula is C9H6ClN3O5. The molecule has 0 fully saturated rings. The Labute approximate surface area is 105 Å². The normalized spacial score (nSPS) is 13.5. The summed E-state index contributed by atoms with van der Waals surface area (Å²) in [5.74, 6) is -0.774. The van der Waals surface area contributed by atoms with Crippen LogP contribution in [0.5, 0.6) is 0 Å². The predicted octanol–water partition coefficient (Wildman–Crippen LogP) is 1.11. The number of nitrogens with zero attached hydrogens (tertiary/aromatic N) is 1. The van der Waals surface area contributed by atoms with E-state index in [1.165, 1.54) is 6.20 Å². The zero-order valence-corrected chi connectivity index (χ0v) is 9.43. The zero-order valence-electron chi connectivity index (χ0n) is 8.68. The predicted molar refractivity (Wildman–Crippen MR) is 59.9 cm³/mol. The Bertz CT molecular complexity index is 572. The van der Waals surface area contributed by atoms with E-state index in [4.69, 9.17) is 17.3 Å². The number of nitro benzene ring substituents is 1. The number of non-ortho nitro benzene ring substituents is 1. The Kier molecular flexibility index (Phi) is 3.04. The van der Waals surface area contributed by atoms with E-state index in [1.807, 2.05) is 0 Å². The topological polar surface area (TPSA) is 117 Å². The molecule has 0 aromatic heterocycles. The first-order valence-electron chi connectivity index (χ1n) is 4.58. The molecule has 94 valence electrons. The molecule has 3 N–H and O–H groups in total. The third-order valence-electron chi connectivity index (χ3n) is 2.17. The van der Waals surface area contributed by atoms with Crippen LogP contribution in [0.25, 0.3) is 5.76 Å². The van der Waals surface area contributed by atoms with Crippen LogP contribution in [0.15, 0.2) is 18.3 Å². The van der Waals surface area contributed by atoms with E-state index in [2.05, 4.69) is 15.4 Å². The molecule has 0 radical (unpaired) electrons. The Hall–Kier alpha value is -2.32. The number of rotatable bonds is 3. The SMILES string of the molecule is NC(=O)c1cc([N+](=O)[O-])cc(C2=CNOO2)c1Cl. The number of hydroxylamine groups is 1. The maximum atomic E-state index is 11.2. The summed E-state index contributed by atoms with van der Waals surface area (Å²) in [6, 6.07) is 2.15. The quantitative estimate of drug-likeness (QED) is 0.483. The number of nitrogens with two attached hydrogens (primary N) is 1. The average molecular weight is 272 g/mol. The Morgan fingerprint density at radius 3 is 2.72 bits per heavy atom. The highest BCUT2D eigenvalue weighted by Gasteiger charge is 2.23. The molecule has 0 unspecified atom stereocenters. The minimum atomic E-state index is -0.877. The van der Waals surface area contributed by atoms with Gasteiger partial charge in [-0.2, -0.15) is 0 Å². The smallest absolute Gasteiger partial charge is 0.271 e. The Balaban J connectivity index is 2.63. The molecule has 0 atom stereocenters. The Morgan fingerprint density at radius 1 is 1.50 bits per heavy atom. The number of hydrogen-bond acceptors (Lipinski definition) is 6. The van der Waals surface area contributed by atoms with Gasteiger partial charge in [0, 0.05) is 17.7 Å². The third-order valence-corrected chi connectivity index (χ3v) is 2.58. The molecule has 0 aliphatic carbocycles. The summed E-state index contributed by atoms with van der Waals surface area (Å²) in [6.45, 7) is 0. The van der Waals surface area contributed by atoms with E-state index >= 15 is 0 Å². The zero-order chi connectivity index (χ0) is 13.3. The summed E-state index contributed by atoms with van der Waals surface area (Å²) < 4.78 is 0. The van der Waals surface area contributed by atoms with Gasteiger partial charge in [-0.1, -0.05) is 16.6 Å². The molecule has 0 saturated heterocycles. The molecule has 1 aromatic carbocycles. The molecule has 0 bridgehead atoms. The standard InChI is InChI=1S/C9H6ClN3O5/c10-8-5(7-3-12-18-17-7)1-4(13(15)16)2-6(8)9(11)14/h1-3,12H,(H2,11,14). The van der Waals surface area contributed by atoms with Crippen LogP contribution in [-0.4, -0.2) is 10.8 Å². The number of nitrogens with one attached hydrogen (secondary N) is 1. The van der Waals surface area contributed by atoms with Crippen LogP contribution >= 0.6 is 11.6 Å². The van der Waals surface area contributed by atoms with Crippen LogP contribution in [0.3, 0.4) is 0 Å². The number of halogens is 1. The number of benzene rings is 1. The van der Waals surface area contributed by atoms with Crippen molar-refractivity contribution in [3.05, 3.63) is 44.6 Å². The van der Waals surface area contributed by atoms with Gasteiger partial charge in [0.1, 0.15) is 0 Å². The second-order valence-electron chi connectivity index (χ2n) is 3.27. The van der Waals surface area contributed by atoms with E-state index in [0.29, 0.717) is 0 Å². The highest BCUT2D eigenvalue weighted by Crippen LogP contribution is 2.33. The minimum absolute atomic E-state index is 0.0494. The van der Waals surface area contributed by atoms with Crippen molar-refractivity contribution in [1.29, 1.82) is 0 Å². The maximum Gasteiger partial charge on any atom is 0.271 e.